The number of amides is 6. The number of hydrogen-bond donors (Lipinski definition) is 14. The summed E-state index contributed by atoms with van der Waals surface area (Å²) in [5.74, 6) is -4.90. The zero-order valence-corrected chi connectivity index (χ0v) is 39.0. The number of hydrogen-bond acceptors (Lipinski definition) is 12. The molecule has 1 rings (SSSR count). The Kier molecular flexibility index (Phi) is 27.3. The average molecular weight is 933 g/mol. The van der Waals surface area contributed by atoms with Crippen LogP contribution < -0.4 is 72.0 Å². The van der Waals surface area contributed by atoms with Crippen molar-refractivity contribution in [2.24, 2.45) is 66.9 Å². The van der Waals surface area contributed by atoms with Gasteiger partial charge in [-0.3, -0.25) is 43.7 Å². The number of aromatic amines is 1. The van der Waals surface area contributed by atoms with Gasteiger partial charge in [-0.15, -0.1) is 0 Å². The van der Waals surface area contributed by atoms with Crippen molar-refractivity contribution in [3.8, 4) is 0 Å². The molecule has 0 bridgehead atoms. The second-order valence-electron chi connectivity index (χ2n) is 16.7. The number of imidazole rings is 1. The fourth-order valence-corrected chi connectivity index (χ4v) is 6.48. The van der Waals surface area contributed by atoms with Gasteiger partial charge in [0.05, 0.1) is 18.4 Å². The Bertz CT molecular complexity index is 1760. The molecule has 0 saturated heterocycles. The lowest BCUT2D eigenvalue weighted by Crippen LogP contribution is -2.60. The number of unbranched alkanes of at least 4 members (excludes halogenated alkanes) is 1. The Labute approximate surface area is 386 Å². The highest BCUT2D eigenvalue weighted by Gasteiger charge is 2.34. The molecule has 25 heteroatoms. The molecule has 21 N–H and O–H groups in total. The third-order valence-corrected chi connectivity index (χ3v) is 10.0. The summed E-state index contributed by atoms with van der Waals surface area (Å²) >= 11 is 0. The second kappa shape index (κ2) is 31.4. The Morgan fingerprint density at radius 1 is 0.621 bits per heavy atom. The predicted octanol–water partition coefficient (Wildman–Crippen LogP) is -3.56. The molecular formula is C41H76N18O7. The summed E-state index contributed by atoms with van der Waals surface area (Å²) in [6, 6.07) is -7.72. The van der Waals surface area contributed by atoms with Crippen LogP contribution in [0.2, 0.25) is 0 Å². The first kappa shape index (κ1) is 57.5. The number of guanidine groups is 3. The predicted molar refractivity (Wildman–Crippen MR) is 251 cm³/mol. The fraction of sp³-hybridized carbons (Fsp3) is 0.683. The van der Waals surface area contributed by atoms with Crippen LogP contribution in [0, 0.1) is 11.8 Å². The maximum Gasteiger partial charge on any atom is 0.243 e. The average Bonchev–Trinajstić information content (AvgIpc) is 3.76. The molecule has 0 aliphatic heterocycles. The van der Waals surface area contributed by atoms with E-state index in [0.29, 0.717) is 37.7 Å². The summed E-state index contributed by atoms with van der Waals surface area (Å²) in [5, 5.41) is 16.3. The quantitative estimate of drug-likeness (QED) is 0.0140. The third-order valence-electron chi connectivity index (χ3n) is 10.0. The van der Waals surface area contributed by atoms with Crippen molar-refractivity contribution in [2.75, 3.05) is 19.6 Å². The van der Waals surface area contributed by atoms with Crippen molar-refractivity contribution in [1.82, 2.24) is 41.9 Å². The number of nitrogens with one attached hydrogen (secondary N) is 7. The number of nitrogens with zero attached hydrogens (tertiary/aromatic N) is 4. The molecule has 66 heavy (non-hydrogen) atoms. The van der Waals surface area contributed by atoms with Crippen LogP contribution in [0.25, 0.3) is 0 Å². The van der Waals surface area contributed by atoms with E-state index in [1.165, 1.54) is 12.5 Å². The Morgan fingerprint density at radius 2 is 1.09 bits per heavy atom. The van der Waals surface area contributed by atoms with Gasteiger partial charge >= 0.3 is 0 Å². The van der Waals surface area contributed by atoms with Gasteiger partial charge in [-0.25, -0.2) is 4.98 Å². The molecule has 25 nitrogen and oxygen atoms in total. The van der Waals surface area contributed by atoms with Crippen LogP contribution in [0.1, 0.15) is 105 Å². The van der Waals surface area contributed by atoms with E-state index in [4.69, 9.17) is 40.1 Å². The zero-order valence-electron chi connectivity index (χ0n) is 39.0. The highest BCUT2D eigenvalue weighted by Crippen LogP contribution is 2.12. The van der Waals surface area contributed by atoms with E-state index >= 15 is 0 Å². The minimum absolute atomic E-state index is 0.0169. The minimum Gasteiger partial charge on any atom is -0.370 e. The molecule has 0 fully saturated rings. The van der Waals surface area contributed by atoms with Gasteiger partial charge in [0.1, 0.15) is 36.5 Å². The summed E-state index contributed by atoms with van der Waals surface area (Å²) < 4.78 is 0. The molecule has 1 aromatic rings. The molecule has 7 atom stereocenters. The maximum atomic E-state index is 14.1. The van der Waals surface area contributed by atoms with Crippen LogP contribution in [0.4, 0.5) is 0 Å². The van der Waals surface area contributed by atoms with Gasteiger partial charge < -0.3 is 81.8 Å². The number of rotatable bonds is 33. The van der Waals surface area contributed by atoms with Crippen LogP contribution in [0.15, 0.2) is 27.5 Å². The van der Waals surface area contributed by atoms with E-state index in [2.05, 4.69) is 56.8 Å². The number of aliphatic imine (C=N–C) groups is 3. The van der Waals surface area contributed by atoms with Crippen LogP contribution in [-0.2, 0) is 40.0 Å². The SMILES string of the molecule is CCCC[C@H](NC(=O)[C@H](CCCN=C(N)N)NC(=O)[C@H](Cc1cnc[nH]1)NC(=O)[C@@H](N)CCCN=C(N)N)C(=O)N[C@H](C(=O)N[C@@H](CC(C)C)C(=O)N[C@H](C=O)CCCN=C(N)N)C(C)C. The number of nitrogens with two attached hydrogens (primary N) is 7. The van der Waals surface area contributed by atoms with Gasteiger partial charge in [0.25, 0.3) is 0 Å². The molecule has 0 saturated carbocycles. The van der Waals surface area contributed by atoms with E-state index < -0.39 is 83.7 Å². The number of aldehydes is 1. The molecule has 0 spiro atoms. The van der Waals surface area contributed by atoms with Crippen molar-refractivity contribution in [1.29, 1.82) is 0 Å². The zero-order chi connectivity index (χ0) is 49.8. The first-order chi connectivity index (χ1) is 31.2. The van der Waals surface area contributed by atoms with Gasteiger partial charge in [-0.1, -0.05) is 47.5 Å². The van der Waals surface area contributed by atoms with Gasteiger partial charge in [0, 0.05) is 37.9 Å². The first-order valence-electron chi connectivity index (χ1n) is 22.3. The van der Waals surface area contributed by atoms with E-state index in [1.54, 1.807) is 13.8 Å². The molecule has 0 aliphatic rings. The van der Waals surface area contributed by atoms with Gasteiger partial charge in [0.2, 0.25) is 35.4 Å². The minimum atomic E-state index is -1.25. The van der Waals surface area contributed by atoms with Crippen molar-refractivity contribution in [3.05, 3.63) is 18.2 Å². The van der Waals surface area contributed by atoms with Gasteiger partial charge in [-0.2, -0.15) is 0 Å². The van der Waals surface area contributed by atoms with Crippen molar-refractivity contribution in [2.45, 2.75) is 148 Å². The summed E-state index contributed by atoms with van der Waals surface area (Å²) in [6.07, 6.45) is 6.49. The van der Waals surface area contributed by atoms with Crippen LogP contribution in [-0.4, -0.2) is 132 Å². The largest absolute Gasteiger partial charge is 0.370 e. The number of aromatic nitrogens is 2. The molecule has 372 valence electrons. The normalized spacial score (nSPS) is 14.2. The highest BCUT2D eigenvalue weighted by molar-refractivity contribution is 5.97. The lowest BCUT2D eigenvalue weighted by atomic mass is 9.98. The summed E-state index contributed by atoms with van der Waals surface area (Å²) in [5.41, 5.74) is 39.1. The van der Waals surface area contributed by atoms with E-state index in [9.17, 15) is 33.6 Å². The Morgan fingerprint density at radius 3 is 1.58 bits per heavy atom. The molecule has 0 aromatic carbocycles. The van der Waals surface area contributed by atoms with E-state index in [-0.39, 0.29) is 88.4 Å². The topological polar surface area (TPSA) is 440 Å². The Hall–Kier alpha value is -6.53. The van der Waals surface area contributed by atoms with E-state index in [0.717, 1.165) is 0 Å². The number of carbonyl (C=O) groups excluding carboxylic acids is 7. The lowest BCUT2D eigenvalue weighted by molar-refractivity contribution is -0.136. The second-order valence-corrected chi connectivity index (χ2v) is 16.7. The van der Waals surface area contributed by atoms with Gasteiger partial charge in [0.15, 0.2) is 17.9 Å². The number of carbonyl (C=O) groups is 7. The molecular weight excluding hydrogens is 857 g/mol. The van der Waals surface area contributed by atoms with Crippen LogP contribution in [0.3, 0.4) is 0 Å². The number of H-pyrrole nitrogens is 1. The fourth-order valence-electron chi connectivity index (χ4n) is 6.48. The van der Waals surface area contributed by atoms with Crippen molar-refractivity contribution >= 4 is 59.6 Å². The summed E-state index contributed by atoms with van der Waals surface area (Å²) in [7, 11) is 0. The van der Waals surface area contributed by atoms with Crippen LogP contribution >= 0.6 is 0 Å². The van der Waals surface area contributed by atoms with Crippen molar-refractivity contribution < 1.29 is 33.6 Å². The molecule has 6 amide bonds. The smallest absolute Gasteiger partial charge is 0.243 e. The monoisotopic (exact) mass is 933 g/mol. The lowest BCUT2D eigenvalue weighted by Gasteiger charge is -2.29. The standard InChI is InChI=1S/C41H76N18O7/c1-6-7-13-28(35(63)59-32(24(4)5)38(66)58-30(18-23(2)3)36(64)54-25(21-60)11-8-15-50-39(43)44)55-34(62)29(14-10-17-52-41(47)48)56-37(65)31(19-26-20-49-22-53-26)57-33(61)27(42)12-9-16-51-40(45)46/h20-25,27-32H,6-19,42H2,1-5H3,(H,49,53)(H,54,64)(H,55,62)(H,56,65)(H,57,61)(H,58,66)(H,59,63)(H4,43,44,50)(H4,45,46,51)(H4,47,48,52)/t25-,27-,28-,29-,30-,31-,32-/m0/s1. The summed E-state index contributed by atoms with van der Waals surface area (Å²) in [6.45, 7) is 9.66. The highest BCUT2D eigenvalue weighted by atomic mass is 16.2. The third kappa shape index (κ3) is 24.0. The van der Waals surface area contributed by atoms with E-state index in [1.807, 2.05) is 20.8 Å². The molecule has 1 aromatic heterocycles. The molecule has 0 radical (unpaired) electrons. The van der Waals surface area contributed by atoms with Crippen molar-refractivity contribution in [3.63, 3.8) is 0 Å². The maximum absolute atomic E-state index is 14.1. The molecule has 0 unspecified atom stereocenters. The summed E-state index contributed by atoms with van der Waals surface area (Å²) in [4.78, 5) is 113. The van der Waals surface area contributed by atoms with Crippen LogP contribution in [0.5, 0.6) is 0 Å². The molecule has 0 aliphatic carbocycles. The first-order valence-corrected chi connectivity index (χ1v) is 22.3. The van der Waals surface area contributed by atoms with Gasteiger partial charge in [-0.05, 0) is 63.2 Å². The Balaban J connectivity index is 3.35. The molecule has 1 heterocycles.